The molecule has 0 N–H and O–H groups in total. The molecule has 0 spiro atoms. The lowest BCUT2D eigenvalue weighted by Crippen LogP contribution is -2.27. The predicted octanol–water partition coefficient (Wildman–Crippen LogP) is 5.97. The van der Waals surface area contributed by atoms with E-state index in [9.17, 15) is 4.79 Å². The van der Waals surface area contributed by atoms with Gasteiger partial charge in [-0.15, -0.1) is 0 Å². The summed E-state index contributed by atoms with van der Waals surface area (Å²) >= 11 is 0. The summed E-state index contributed by atoms with van der Waals surface area (Å²) in [6, 6.07) is 27.0. The van der Waals surface area contributed by atoms with E-state index >= 15 is 0 Å². The highest BCUT2D eigenvalue weighted by Crippen LogP contribution is 2.31. The first-order valence-corrected chi connectivity index (χ1v) is 12.9. The molecule has 4 aromatic rings. The van der Waals surface area contributed by atoms with Gasteiger partial charge in [-0.1, -0.05) is 75.4 Å². The van der Waals surface area contributed by atoms with Gasteiger partial charge in [-0.3, -0.25) is 4.79 Å². The number of hydrogen-bond acceptors (Lipinski definition) is 3. The Morgan fingerprint density at radius 2 is 1.64 bits per heavy atom. The number of carbonyl (C=O) groups is 1. The second-order valence-electron chi connectivity index (χ2n) is 10.7. The number of amides is 1. The summed E-state index contributed by atoms with van der Waals surface area (Å²) in [5.41, 5.74) is 4.73. The number of rotatable bonds is 8. The van der Waals surface area contributed by atoms with E-state index in [-0.39, 0.29) is 17.2 Å². The molecule has 5 nitrogen and oxygen atoms in total. The molecule has 1 saturated heterocycles. The smallest absolute Gasteiger partial charge is 0.223 e. The molecule has 5 rings (SSSR count). The van der Waals surface area contributed by atoms with Crippen molar-refractivity contribution in [3.8, 4) is 5.75 Å². The van der Waals surface area contributed by atoms with Gasteiger partial charge in [0, 0.05) is 25.4 Å². The Morgan fingerprint density at radius 3 is 2.39 bits per heavy atom. The summed E-state index contributed by atoms with van der Waals surface area (Å²) in [4.78, 5) is 19.8. The molecule has 3 aromatic carbocycles. The molecule has 1 aromatic heterocycles. The maximum Gasteiger partial charge on any atom is 0.223 e. The van der Waals surface area contributed by atoms with E-state index in [1.165, 1.54) is 11.1 Å². The molecule has 0 saturated carbocycles. The highest BCUT2D eigenvalue weighted by molar-refractivity contribution is 5.81. The number of aromatic nitrogens is 2. The van der Waals surface area contributed by atoms with Gasteiger partial charge in [-0.05, 0) is 47.2 Å². The van der Waals surface area contributed by atoms with Crippen LogP contribution in [0.25, 0.3) is 11.0 Å². The molecule has 2 heterocycles. The zero-order valence-electron chi connectivity index (χ0n) is 21.5. The monoisotopic (exact) mass is 481 g/mol. The molecule has 1 unspecified atom stereocenters. The topological polar surface area (TPSA) is 47.4 Å². The SMILES string of the molecule is CC(C)(C)c1ccc(OCCn2c(C3CC(=O)N(CCc4ccccc4)C3)nc3ccccc32)cc1. The fraction of sp³-hybridized carbons (Fsp3) is 0.355. The number of imidazole rings is 1. The molecule has 36 heavy (non-hydrogen) atoms. The minimum absolute atomic E-state index is 0.0896. The Bertz CT molecular complexity index is 1320. The molecule has 1 aliphatic heterocycles. The van der Waals surface area contributed by atoms with Crippen LogP contribution in [-0.4, -0.2) is 40.1 Å². The van der Waals surface area contributed by atoms with Crippen LogP contribution in [0.4, 0.5) is 0 Å². The first-order chi connectivity index (χ1) is 17.4. The standard InChI is InChI=1S/C31H35N3O2/c1-31(2,3)25-13-15-26(16-14-25)36-20-19-34-28-12-8-7-11-27(28)32-30(34)24-21-29(35)33(22-24)18-17-23-9-5-4-6-10-23/h4-16,24H,17-22H2,1-3H3. The van der Waals surface area contributed by atoms with Crippen molar-refractivity contribution in [2.75, 3.05) is 19.7 Å². The minimum Gasteiger partial charge on any atom is -0.492 e. The fourth-order valence-electron chi connectivity index (χ4n) is 5.02. The van der Waals surface area contributed by atoms with Gasteiger partial charge in [-0.2, -0.15) is 0 Å². The Morgan fingerprint density at radius 1 is 0.917 bits per heavy atom. The fourth-order valence-corrected chi connectivity index (χ4v) is 5.02. The highest BCUT2D eigenvalue weighted by Gasteiger charge is 2.33. The van der Waals surface area contributed by atoms with E-state index in [0.717, 1.165) is 35.6 Å². The molecule has 1 fully saturated rings. The average molecular weight is 482 g/mol. The lowest BCUT2D eigenvalue weighted by molar-refractivity contribution is -0.127. The van der Waals surface area contributed by atoms with Gasteiger partial charge in [0.05, 0.1) is 17.6 Å². The van der Waals surface area contributed by atoms with Gasteiger partial charge in [0.2, 0.25) is 5.91 Å². The molecular formula is C31H35N3O2. The highest BCUT2D eigenvalue weighted by atomic mass is 16.5. The number of para-hydroxylation sites is 2. The molecule has 0 aliphatic carbocycles. The molecule has 186 valence electrons. The predicted molar refractivity (Wildman–Crippen MR) is 144 cm³/mol. The number of ether oxygens (including phenoxy) is 1. The maximum atomic E-state index is 12.9. The van der Waals surface area contributed by atoms with Crippen molar-refractivity contribution >= 4 is 16.9 Å². The molecule has 0 radical (unpaired) electrons. The third-order valence-electron chi connectivity index (χ3n) is 7.08. The van der Waals surface area contributed by atoms with Crippen molar-refractivity contribution in [2.45, 2.75) is 51.5 Å². The van der Waals surface area contributed by atoms with Crippen molar-refractivity contribution in [3.05, 3.63) is 95.8 Å². The first kappa shape index (κ1) is 24.1. The van der Waals surface area contributed by atoms with Crippen LogP contribution in [0, 0.1) is 0 Å². The Balaban J connectivity index is 1.28. The number of nitrogens with zero attached hydrogens (tertiary/aromatic N) is 3. The largest absolute Gasteiger partial charge is 0.492 e. The lowest BCUT2D eigenvalue weighted by atomic mass is 9.87. The summed E-state index contributed by atoms with van der Waals surface area (Å²) < 4.78 is 8.36. The van der Waals surface area contributed by atoms with E-state index in [4.69, 9.17) is 9.72 Å². The normalized spacial score (nSPS) is 16.1. The molecular weight excluding hydrogens is 446 g/mol. The zero-order chi connectivity index (χ0) is 25.1. The summed E-state index contributed by atoms with van der Waals surface area (Å²) in [6.45, 7) is 9.32. The Kier molecular flexibility index (Phi) is 6.82. The van der Waals surface area contributed by atoms with Crippen molar-refractivity contribution in [1.82, 2.24) is 14.5 Å². The van der Waals surface area contributed by atoms with E-state index in [0.29, 0.717) is 26.1 Å². The first-order valence-electron chi connectivity index (χ1n) is 12.9. The third-order valence-corrected chi connectivity index (χ3v) is 7.08. The van der Waals surface area contributed by atoms with Crippen molar-refractivity contribution in [1.29, 1.82) is 0 Å². The zero-order valence-corrected chi connectivity index (χ0v) is 21.5. The number of fused-ring (bicyclic) bond motifs is 1. The number of hydrogen-bond donors (Lipinski definition) is 0. The summed E-state index contributed by atoms with van der Waals surface area (Å²) in [6.07, 6.45) is 1.38. The van der Waals surface area contributed by atoms with Gasteiger partial charge in [0.15, 0.2) is 0 Å². The van der Waals surface area contributed by atoms with Crippen molar-refractivity contribution < 1.29 is 9.53 Å². The van der Waals surface area contributed by atoms with Crippen molar-refractivity contribution in [3.63, 3.8) is 0 Å². The molecule has 0 bridgehead atoms. The average Bonchev–Trinajstić information content (AvgIpc) is 3.43. The van der Waals surface area contributed by atoms with Gasteiger partial charge in [-0.25, -0.2) is 4.98 Å². The van der Waals surface area contributed by atoms with Crippen LogP contribution >= 0.6 is 0 Å². The van der Waals surface area contributed by atoms with Gasteiger partial charge in [0.1, 0.15) is 18.2 Å². The molecule has 1 amide bonds. The van der Waals surface area contributed by atoms with Crippen LogP contribution in [0.3, 0.4) is 0 Å². The van der Waals surface area contributed by atoms with E-state index in [2.05, 4.69) is 55.7 Å². The van der Waals surface area contributed by atoms with E-state index in [1.807, 2.05) is 53.4 Å². The Labute approximate surface area is 213 Å². The van der Waals surface area contributed by atoms with Gasteiger partial charge in [0.25, 0.3) is 0 Å². The molecule has 5 heteroatoms. The number of likely N-dealkylation sites (tertiary alicyclic amines) is 1. The van der Waals surface area contributed by atoms with Crippen LogP contribution in [0.5, 0.6) is 5.75 Å². The second kappa shape index (κ2) is 10.2. The molecule has 1 aliphatic rings. The van der Waals surface area contributed by atoms with Gasteiger partial charge < -0.3 is 14.2 Å². The second-order valence-corrected chi connectivity index (χ2v) is 10.7. The van der Waals surface area contributed by atoms with Crippen LogP contribution in [0.15, 0.2) is 78.9 Å². The molecule has 1 atom stereocenters. The quantitative estimate of drug-likeness (QED) is 0.311. The third kappa shape index (κ3) is 5.30. The van der Waals surface area contributed by atoms with E-state index < -0.39 is 0 Å². The summed E-state index contributed by atoms with van der Waals surface area (Å²) in [5, 5.41) is 0. The Hall–Kier alpha value is -3.60. The lowest BCUT2D eigenvalue weighted by Gasteiger charge is -2.19. The maximum absolute atomic E-state index is 12.9. The van der Waals surface area contributed by atoms with Crippen LogP contribution in [0.2, 0.25) is 0 Å². The van der Waals surface area contributed by atoms with Crippen LogP contribution in [0.1, 0.15) is 50.1 Å². The van der Waals surface area contributed by atoms with E-state index in [1.54, 1.807) is 0 Å². The summed E-state index contributed by atoms with van der Waals surface area (Å²) in [5.74, 6) is 2.16. The summed E-state index contributed by atoms with van der Waals surface area (Å²) in [7, 11) is 0. The van der Waals surface area contributed by atoms with Crippen LogP contribution in [-0.2, 0) is 23.2 Å². The van der Waals surface area contributed by atoms with Crippen LogP contribution < -0.4 is 4.74 Å². The van der Waals surface area contributed by atoms with Gasteiger partial charge >= 0.3 is 0 Å². The number of carbonyl (C=O) groups excluding carboxylic acids is 1. The van der Waals surface area contributed by atoms with Crippen molar-refractivity contribution in [2.24, 2.45) is 0 Å². The minimum atomic E-state index is 0.0896. The number of benzene rings is 3.